The topological polar surface area (TPSA) is 6.48 Å². The van der Waals surface area contributed by atoms with Gasteiger partial charge < -0.3 is 9.80 Å². The predicted molar refractivity (Wildman–Crippen MR) is 356 cm³/mol. The van der Waals surface area contributed by atoms with Crippen LogP contribution in [-0.4, -0.2) is 6.71 Å². The first-order valence-electron chi connectivity index (χ1n) is 32.0. The molecule has 0 unspecified atom stereocenters. The molecule has 2 aliphatic heterocycles. The van der Waals surface area contributed by atoms with E-state index in [1.54, 1.807) is 0 Å². The zero-order valence-corrected chi connectivity index (χ0v) is 48.1. The Bertz CT molecular complexity index is 4790. The van der Waals surface area contributed by atoms with E-state index < -0.39 is 11.5 Å². The fraction of sp³-hybridized carbons (Fsp3) is 0.111. The molecule has 3 heteroatoms. The fourth-order valence-electron chi connectivity index (χ4n) is 14.7. The van der Waals surface area contributed by atoms with Crippen LogP contribution in [0.4, 0.5) is 34.1 Å². The largest absolute Gasteiger partial charge is 0.311 e. The Morgan fingerprint density at radius 1 is 0.345 bits per heavy atom. The van der Waals surface area contributed by atoms with Gasteiger partial charge in [0.25, 0.3) is 6.71 Å². The summed E-state index contributed by atoms with van der Waals surface area (Å²) in [4.78, 5) is 5.06. The van der Waals surface area contributed by atoms with Gasteiger partial charge in [0.1, 0.15) is 0 Å². The molecule has 0 N–H and O–H groups in total. The van der Waals surface area contributed by atoms with E-state index in [4.69, 9.17) is 6.85 Å². The van der Waals surface area contributed by atoms with Crippen LogP contribution in [-0.2, 0) is 16.2 Å². The van der Waals surface area contributed by atoms with Crippen LogP contribution in [0.15, 0.2) is 273 Å². The van der Waals surface area contributed by atoms with Crippen molar-refractivity contribution in [3.63, 3.8) is 0 Å². The van der Waals surface area contributed by atoms with Crippen molar-refractivity contribution >= 4 is 57.2 Å². The minimum Gasteiger partial charge on any atom is -0.311 e. The molecule has 2 aliphatic carbocycles. The van der Waals surface area contributed by atoms with Gasteiger partial charge in [-0.3, -0.25) is 0 Å². The van der Waals surface area contributed by atoms with Crippen molar-refractivity contribution < 1.29 is 6.85 Å². The normalized spacial score (nSPS) is 14.7. The number of nitrogens with zero attached hydrogens (tertiary/aromatic N) is 2. The van der Waals surface area contributed by atoms with Gasteiger partial charge in [-0.25, -0.2) is 0 Å². The molecule has 12 aromatic carbocycles. The second-order valence-electron chi connectivity index (χ2n) is 25.2. The third-order valence-electron chi connectivity index (χ3n) is 18.5. The molecule has 0 fully saturated rings. The molecule has 0 radical (unpaired) electrons. The Balaban J connectivity index is 1.07. The fourth-order valence-corrected chi connectivity index (χ4v) is 14.7. The number of fused-ring (bicyclic) bond motifs is 14. The van der Waals surface area contributed by atoms with Crippen LogP contribution in [0.5, 0.6) is 0 Å². The van der Waals surface area contributed by atoms with Crippen molar-refractivity contribution in [3.8, 4) is 66.8 Å². The standard InChI is InChI=1S/C81H63BN2/c1-79(2,3)57-43-47-72-71(50-57)82-70-46-42-58(80(4,5)6)51-73(70)83(59-44-40-53(41-45-59)52-24-10-7-11-25-52)74-48-56(49-75(77(74)82)84(72)78-61(54-26-12-8-13-27-54)34-23-35-62(78)55-28-14-9-15-29-55)60-33-22-36-66-65-32-18-21-39-69(65)81(76(60)66)67-37-19-16-30-63(67)64-31-17-20-38-68(64)81/h7-51H,1-6H3/i7D,10D,11D,24D,25D. The van der Waals surface area contributed by atoms with E-state index in [-0.39, 0.29) is 47.3 Å². The van der Waals surface area contributed by atoms with Gasteiger partial charge in [-0.2, -0.15) is 0 Å². The third kappa shape index (κ3) is 7.37. The first-order valence-corrected chi connectivity index (χ1v) is 29.5. The zero-order chi connectivity index (χ0) is 61.0. The Kier molecular flexibility index (Phi) is 9.97. The summed E-state index contributed by atoms with van der Waals surface area (Å²) >= 11 is 0. The van der Waals surface area contributed by atoms with Crippen molar-refractivity contribution in [2.75, 3.05) is 9.80 Å². The molecule has 0 saturated heterocycles. The average Bonchev–Trinajstić information content (AvgIpc) is 1.61. The number of benzene rings is 12. The summed E-state index contributed by atoms with van der Waals surface area (Å²) < 4.78 is 43.9. The summed E-state index contributed by atoms with van der Waals surface area (Å²) in [5.41, 5.74) is 28.6. The van der Waals surface area contributed by atoms with Crippen molar-refractivity contribution in [1.29, 1.82) is 0 Å². The smallest absolute Gasteiger partial charge is 0.252 e. The number of para-hydroxylation sites is 1. The molecule has 0 amide bonds. The lowest BCUT2D eigenvalue weighted by molar-refractivity contribution is 0.590. The van der Waals surface area contributed by atoms with Crippen LogP contribution in [0, 0.1) is 0 Å². The van der Waals surface area contributed by atoms with E-state index in [0.717, 1.165) is 67.5 Å². The molecule has 16 rings (SSSR count). The summed E-state index contributed by atoms with van der Waals surface area (Å²) in [6, 6.07) is 88.3. The molecule has 400 valence electrons. The Morgan fingerprint density at radius 3 is 1.42 bits per heavy atom. The first kappa shape index (κ1) is 44.9. The second kappa shape index (κ2) is 18.7. The van der Waals surface area contributed by atoms with Gasteiger partial charge >= 0.3 is 0 Å². The van der Waals surface area contributed by atoms with Crippen LogP contribution in [0.3, 0.4) is 0 Å². The van der Waals surface area contributed by atoms with Crippen LogP contribution < -0.4 is 26.2 Å². The maximum atomic E-state index is 9.07. The molecule has 4 aliphatic rings. The summed E-state index contributed by atoms with van der Waals surface area (Å²) in [5.74, 6) is 0. The number of hydrogen-bond acceptors (Lipinski definition) is 2. The van der Waals surface area contributed by atoms with Gasteiger partial charge in [0.05, 0.1) is 18.0 Å². The molecule has 12 aromatic rings. The summed E-state index contributed by atoms with van der Waals surface area (Å²) in [5, 5.41) is 0. The molecule has 0 atom stereocenters. The van der Waals surface area contributed by atoms with Crippen molar-refractivity contribution in [2.24, 2.45) is 0 Å². The van der Waals surface area contributed by atoms with E-state index >= 15 is 0 Å². The molecule has 2 heterocycles. The molecular weight excluding hydrogens is 1010 g/mol. The monoisotopic (exact) mass is 1080 g/mol. The summed E-state index contributed by atoms with van der Waals surface area (Å²) in [6.07, 6.45) is 0. The van der Waals surface area contributed by atoms with Gasteiger partial charge in [0.15, 0.2) is 0 Å². The average molecular weight is 1080 g/mol. The molecule has 0 saturated carbocycles. The summed E-state index contributed by atoms with van der Waals surface area (Å²) in [7, 11) is 0. The zero-order valence-electron chi connectivity index (χ0n) is 53.1. The van der Waals surface area contributed by atoms with Gasteiger partial charge in [-0.1, -0.05) is 278 Å². The SMILES string of the molecule is [2H]c1c([2H])c([2H])c(-c2ccc(N3c4cc(C(C)(C)C)ccc4B4c5cc(C(C)(C)C)ccc5N(c5c(-c6ccccc6)cccc5-c5ccccc5)c5cc(-c6cccc7c6C6(c8ccccc8-c8ccccc86)c6ccccc6-7)cc3c54)cc2)c([2H])c1[2H]. The number of hydrogen-bond donors (Lipinski definition) is 0. The molecule has 0 bridgehead atoms. The Labute approximate surface area is 502 Å². The van der Waals surface area contributed by atoms with Crippen molar-refractivity contribution in [3.05, 3.63) is 306 Å². The van der Waals surface area contributed by atoms with Gasteiger partial charge in [0.2, 0.25) is 0 Å². The highest BCUT2D eigenvalue weighted by molar-refractivity contribution is 7.00. The van der Waals surface area contributed by atoms with Crippen LogP contribution in [0.25, 0.3) is 66.8 Å². The molecular formula is C81H63BN2. The third-order valence-corrected chi connectivity index (χ3v) is 18.5. The van der Waals surface area contributed by atoms with Crippen LogP contribution >= 0.6 is 0 Å². The maximum Gasteiger partial charge on any atom is 0.252 e. The van der Waals surface area contributed by atoms with E-state index in [1.165, 1.54) is 72.0 Å². The quantitative estimate of drug-likeness (QED) is 0.153. The van der Waals surface area contributed by atoms with Crippen molar-refractivity contribution in [1.82, 2.24) is 0 Å². The molecule has 1 spiro atoms. The maximum absolute atomic E-state index is 9.07. The highest BCUT2D eigenvalue weighted by atomic mass is 15.2. The van der Waals surface area contributed by atoms with E-state index in [0.29, 0.717) is 5.56 Å². The number of rotatable bonds is 6. The van der Waals surface area contributed by atoms with E-state index in [2.05, 4.69) is 282 Å². The minimum absolute atomic E-state index is 0.173. The lowest BCUT2D eigenvalue weighted by atomic mass is 9.33. The van der Waals surface area contributed by atoms with Crippen LogP contribution in [0.2, 0.25) is 0 Å². The minimum atomic E-state index is -0.644. The predicted octanol–water partition coefficient (Wildman–Crippen LogP) is 19.4. The van der Waals surface area contributed by atoms with Crippen molar-refractivity contribution in [2.45, 2.75) is 57.8 Å². The number of anilines is 6. The molecule has 2 nitrogen and oxygen atoms in total. The second-order valence-corrected chi connectivity index (χ2v) is 25.2. The lowest BCUT2D eigenvalue weighted by Gasteiger charge is -2.46. The van der Waals surface area contributed by atoms with E-state index in [1.807, 2.05) is 12.1 Å². The lowest BCUT2D eigenvalue weighted by Crippen LogP contribution is -2.61. The summed E-state index contributed by atoms with van der Waals surface area (Å²) in [6.45, 7) is 13.5. The van der Waals surface area contributed by atoms with Gasteiger partial charge in [0, 0.05) is 39.6 Å². The first-order chi connectivity index (χ1) is 43.0. The van der Waals surface area contributed by atoms with Gasteiger partial charge in [-0.15, -0.1) is 0 Å². The molecule has 0 aromatic heterocycles. The Hall–Kier alpha value is -9.70. The van der Waals surface area contributed by atoms with E-state index in [9.17, 15) is 0 Å². The Morgan fingerprint density at radius 2 is 0.833 bits per heavy atom. The van der Waals surface area contributed by atoms with Crippen LogP contribution in [0.1, 0.15) is 81.8 Å². The highest BCUT2D eigenvalue weighted by Crippen LogP contribution is 2.65. The van der Waals surface area contributed by atoms with Gasteiger partial charge in [-0.05, 0) is 153 Å². The molecule has 84 heavy (non-hydrogen) atoms. The highest BCUT2D eigenvalue weighted by Gasteiger charge is 2.53.